The van der Waals surface area contributed by atoms with Gasteiger partial charge < -0.3 is 10.4 Å². The molecule has 0 unspecified atom stereocenters. The maximum Gasteiger partial charge on any atom is 0.325 e. The molecule has 2 N–H and O–H groups in total. The van der Waals surface area contributed by atoms with Crippen LogP contribution in [0.1, 0.15) is 6.92 Å². The lowest BCUT2D eigenvalue weighted by atomic mass is 10.1. The Labute approximate surface area is 109 Å². The number of hydrogen-bond donors (Lipinski definition) is 2. The maximum absolute atomic E-state index is 11.0. The van der Waals surface area contributed by atoms with Crippen LogP contribution in [-0.4, -0.2) is 26.8 Å². The summed E-state index contributed by atoms with van der Waals surface area (Å²) in [5.74, 6) is -0.901. The van der Waals surface area contributed by atoms with Crippen LogP contribution < -0.4 is 5.32 Å². The van der Waals surface area contributed by atoms with Gasteiger partial charge in [-0.25, -0.2) is 0 Å². The molecule has 0 saturated carbocycles. The average molecular weight is 259 g/mol. The Hall–Kier alpha value is -2.63. The van der Waals surface area contributed by atoms with E-state index in [1.54, 1.807) is 6.07 Å². The van der Waals surface area contributed by atoms with Crippen molar-refractivity contribution in [2.45, 2.75) is 13.5 Å². The van der Waals surface area contributed by atoms with Gasteiger partial charge in [-0.1, -0.05) is 30.3 Å². The normalized spacial score (nSPS) is 10.2. The van der Waals surface area contributed by atoms with Crippen LogP contribution in [-0.2, 0) is 16.1 Å². The van der Waals surface area contributed by atoms with Gasteiger partial charge in [0.05, 0.1) is 5.69 Å². The van der Waals surface area contributed by atoms with Gasteiger partial charge in [0.2, 0.25) is 5.91 Å². The molecule has 0 aliphatic heterocycles. The minimum absolute atomic E-state index is 0.250. The SMILES string of the molecule is CC(=O)Nc1cc(-c2ccccc2)n(CC(=O)O)n1. The summed E-state index contributed by atoms with van der Waals surface area (Å²) >= 11 is 0. The number of amides is 1. The van der Waals surface area contributed by atoms with Gasteiger partial charge in [-0.05, 0) is 5.56 Å². The van der Waals surface area contributed by atoms with Gasteiger partial charge in [-0.3, -0.25) is 14.3 Å². The molecule has 6 heteroatoms. The van der Waals surface area contributed by atoms with Gasteiger partial charge in [0.15, 0.2) is 5.82 Å². The molecular formula is C13H13N3O3. The molecule has 0 radical (unpaired) electrons. The standard InChI is InChI=1S/C13H13N3O3/c1-9(17)14-12-7-11(10-5-3-2-4-6-10)16(15-12)8-13(18)19/h2-7H,8H2,1H3,(H,18,19)(H,14,15,17). The Balaban J connectivity index is 2.42. The summed E-state index contributed by atoms with van der Waals surface area (Å²) in [6.07, 6.45) is 0. The van der Waals surface area contributed by atoms with E-state index in [4.69, 9.17) is 5.11 Å². The number of aromatic nitrogens is 2. The van der Waals surface area contributed by atoms with Crippen molar-refractivity contribution in [3.63, 3.8) is 0 Å². The lowest BCUT2D eigenvalue weighted by Gasteiger charge is -2.03. The summed E-state index contributed by atoms with van der Waals surface area (Å²) in [6, 6.07) is 10.9. The first-order valence-corrected chi connectivity index (χ1v) is 5.69. The van der Waals surface area contributed by atoms with Crippen molar-refractivity contribution in [1.82, 2.24) is 9.78 Å². The largest absolute Gasteiger partial charge is 0.480 e. The number of carbonyl (C=O) groups is 2. The number of nitrogens with zero attached hydrogens (tertiary/aromatic N) is 2. The van der Waals surface area contributed by atoms with Gasteiger partial charge >= 0.3 is 5.97 Å². The summed E-state index contributed by atoms with van der Waals surface area (Å²) < 4.78 is 1.35. The molecule has 1 heterocycles. The molecule has 2 aromatic rings. The molecule has 1 aromatic carbocycles. The van der Waals surface area contributed by atoms with Crippen molar-refractivity contribution in [3.8, 4) is 11.3 Å². The lowest BCUT2D eigenvalue weighted by Crippen LogP contribution is -2.12. The van der Waals surface area contributed by atoms with Gasteiger partial charge in [0.25, 0.3) is 0 Å². The van der Waals surface area contributed by atoms with Gasteiger partial charge in [-0.2, -0.15) is 5.10 Å². The number of carboxylic acid groups (broad SMARTS) is 1. The second-order valence-corrected chi connectivity index (χ2v) is 4.01. The van der Waals surface area contributed by atoms with Crippen molar-refractivity contribution >= 4 is 17.7 Å². The molecule has 98 valence electrons. The predicted molar refractivity (Wildman–Crippen MR) is 69.6 cm³/mol. The Kier molecular flexibility index (Phi) is 3.61. The minimum Gasteiger partial charge on any atom is -0.480 e. The van der Waals surface area contributed by atoms with Crippen molar-refractivity contribution < 1.29 is 14.7 Å². The minimum atomic E-state index is -0.991. The van der Waals surface area contributed by atoms with E-state index in [0.717, 1.165) is 5.56 Å². The summed E-state index contributed by atoms with van der Waals surface area (Å²) in [7, 11) is 0. The van der Waals surface area contributed by atoms with Crippen molar-refractivity contribution in [1.29, 1.82) is 0 Å². The van der Waals surface area contributed by atoms with Crippen LogP contribution in [0.2, 0.25) is 0 Å². The van der Waals surface area contributed by atoms with E-state index in [1.807, 2.05) is 30.3 Å². The summed E-state index contributed by atoms with van der Waals surface area (Å²) in [5, 5.41) is 15.5. The fourth-order valence-electron chi connectivity index (χ4n) is 1.75. The van der Waals surface area contributed by atoms with Crippen molar-refractivity contribution in [2.24, 2.45) is 0 Å². The average Bonchev–Trinajstić information content (AvgIpc) is 2.71. The molecule has 19 heavy (non-hydrogen) atoms. The van der Waals surface area contributed by atoms with Gasteiger partial charge in [0, 0.05) is 13.0 Å². The number of anilines is 1. The van der Waals surface area contributed by atoms with Gasteiger partial charge in [-0.15, -0.1) is 0 Å². The Morgan fingerprint density at radius 1 is 1.32 bits per heavy atom. The molecule has 0 spiro atoms. The zero-order valence-corrected chi connectivity index (χ0v) is 10.3. The second kappa shape index (κ2) is 5.34. The van der Waals surface area contributed by atoms with E-state index < -0.39 is 5.97 Å². The Morgan fingerprint density at radius 3 is 2.58 bits per heavy atom. The fraction of sp³-hybridized carbons (Fsp3) is 0.154. The second-order valence-electron chi connectivity index (χ2n) is 4.01. The molecule has 0 saturated heterocycles. The first kappa shape index (κ1) is 12.8. The molecule has 1 aromatic heterocycles. The molecular weight excluding hydrogens is 246 g/mol. The number of carboxylic acids is 1. The molecule has 0 aliphatic carbocycles. The van der Waals surface area contributed by atoms with E-state index in [-0.39, 0.29) is 12.5 Å². The van der Waals surface area contributed by atoms with Gasteiger partial charge in [0.1, 0.15) is 6.54 Å². The third kappa shape index (κ3) is 3.19. The fourth-order valence-corrected chi connectivity index (χ4v) is 1.75. The Bertz CT molecular complexity index is 605. The number of rotatable bonds is 4. The highest BCUT2D eigenvalue weighted by Gasteiger charge is 2.12. The van der Waals surface area contributed by atoms with E-state index in [2.05, 4.69) is 10.4 Å². The summed E-state index contributed by atoms with van der Waals surface area (Å²) in [5.41, 5.74) is 1.49. The van der Waals surface area contributed by atoms with Crippen LogP contribution in [0.3, 0.4) is 0 Å². The first-order chi connectivity index (χ1) is 9.06. The monoisotopic (exact) mass is 259 g/mol. The smallest absolute Gasteiger partial charge is 0.325 e. The van der Waals surface area contributed by atoms with E-state index in [1.165, 1.54) is 11.6 Å². The van der Waals surface area contributed by atoms with Crippen LogP contribution in [0.4, 0.5) is 5.82 Å². The van der Waals surface area contributed by atoms with Crippen LogP contribution in [0.25, 0.3) is 11.3 Å². The number of hydrogen-bond acceptors (Lipinski definition) is 3. The third-order valence-electron chi connectivity index (χ3n) is 2.44. The lowest BCUT2D eigenvalue weighted by molar-refractivity contribution is -0.137. The van der Waals surface area contributed by atoms with E-state index in [9.17, 15) is 9.59 Å². The van der Waals surface area contributed by atoms with E-state index >= 15 is 0 Å². The number of benzene rings is 1. The zero-order chi connectivity index (χ0) is 13.8. The highest BCUT2D eigenvalue weighted by Crippen LogP contribution is 2.22. The molecule has 0 fully saturated rings. The van der Waals surface area contributed by atoms with Crippen molar-refractivity contribution in [3.05, 3.63) is 36.4 Å². The van der Waals surface area contributed by atoms with Crippen LogP contribution >= 0.6 is 0 Å². The maximum atomic E-state index is 11.0. The quantitative estimate of drug-likeness (QED) is 0.873. The Morgan fingerprint density at radius 2 is 2.00 bits per heavy atom. The molecule has 2 rings (SSSR count). The third-order valence-corrected chi connectivity index (χ3v) is 2.44. The van der Waals surface area contributed by atoms with Crippen LogP contribution in [0, 0.1) is 0 Å². The van der Waals surface area contributed by atoms with Crippen LogP contribution in [0.15, 0.2) is 36.4 Å². The highest BCUT2D eigenvalue weighted by atomic mass is 16.4. The molecule has 0 atom stereocenters. The number of aliphatic carboxylic acids is 1. The van der Waals surface area contributed by atoms with E-state index in [0.29, 0.717) is 11.5 Å². The number of nitrogens with one attached hydrogen (secondary N) is 1. The predicted octanol–water partition coefficient (Wildman–Crippen LogP) is 1.59. The molecule has 0 bridgehead atoms. The molecule has 1 amide bonds. The molecule has 6 nitrogen and oxygen atoms in total. The van der Waals surface area contributed by atoms with Crippen molar-refractivity contribution in [2.75, 3.05) is 5.32 Å². The highest BCUT2D eigenvalue weighted by molar-refractivity contribution is 5.88. The number of carbonyl (C=O) groups excluding carboxylic acids is 1. The summed E-state index contributed by atoms with van der Waals surface area (Å²) in [4.78, 5) is 21.9. The molecule has 0 aliphatic rings. The first-order valence-electron chi connectivity index (χ1n) is 5.69. The topological polar surface area (TPSA) is 84.2 Å². The summed E-state index contributed by atoms with van der Waals surface area (Å²) in [6.45, 7) is 1.11. The zero-order valence-electron chi connectivity index (χ0n) is 10.3. The van der Waals surface area contributed by atoms with Crippen LogP contribution in [0.5, 0.6) is 0 Å².